The Morgan fingerprint density at radius 2 is 1.26 bits per heavy atom. The number of esters is 1. The molecule has 0 aliphatic rings. The topological polar surface area (TPSA) is 85.2 Å². The van der Waals surface area contributed by atoms with E-state index in [1.54, 1.807) is 14.2 Å². The third-order valence-electron chi connectivity index (χ3n) is 5.14. The molecule has 0 heterocycles. The van der Waals surface area contributed by atoms with Crippen molar-refractivity contribution in [1.29, 1.82) is 0 Å². The van der Waals surface area contributed by atoms with E-state index in [1.807, 2.05) is 0 Å². The van der Waals surface area contributed by atoms with E-state index in [0.717, 1.165) is 64.2 Å². The van der Waals surface area contributed by atoms with E-state index in [0.29, 0.717) is 6.42 Å². The molecule has 162 valence electrons. The first-order valence-electron chi connectivity index (χ1n) is 10.5. The maximum atomic E-state index is 11.0. The molecule has 0 rings (SSSR count). The maximum Gasteiger partial charge on any atom is 0.305 e. The lowest BCUT2D eigenvalue weighted by Gasteiger charge is -2.27. The minimum Gasteiger partial charge on any atom is -0.469 e. The summed E-state index contributed by atoms with van der Waals surface area (Å²) in [7, 11) is 4.63. The molecule has 4 atom stereocenters. The molecule has 0 radical (unpaired) electrons. The average molecular weight is 391 g/mol. The van der Waals surface area contributed by atoms with Gasteiger partial charge in [0.15, 0.2) is 0 Å². The van der Waals surface area contributed by atoms with Gasteiger partial charge in [0.1, 0.15) is 0 Å². The Bertz CT molecular complexity index is 350. The first-order valence-corrected chi connectivity index (χ1v) is 10.5. The van der Waals surface area contributed by atoms with Gasteiger partial charge in [-0.15, -0.1) is 0 Å². The summed E-state index contributed by atoms with van der Waals surface area (Å²) in [6.45, 7) is 2.14. The van der Waals surface area contributed by atoms with Gasteiger partial charge in [-0.25, -0.2) is 0 Å². The van der Waals surface area contributed by atoms with E-state index in [1.165, 1.54) is 7.11 Å². The summed E-state index contributed by atoms with van der Waals surface area (Å²) in [5.41, 5.74) is 0. The van der Waals surface area contributed by atoms with Crippen LogP contribution >= 0.6 is 0 Å². The number of hydrogen-bond donors (Lipinski definition) is 2. The molecule has 6 heteroatoms. The Kier molecular flexibility index (Phi) is 17.0. The molecule has 0 aromatic carbocycles. The number of methoxy groups -OCH3 is 3. The first kappa shape index (κ1) is 26.3. The number of aliphatic hydroxyl groups is 2. The SMILES string of the molecule is CCCCCC(OC)C(O)CC(O)C(CCCCCCCC(=O)OC)OC. The van der Waals surface area contributed by atoms with Crippen LogP contribution in [0.5, 0.6) is 0 Å². The van der Waals surface area contributed by atoms with Crippen molar-refractivity contribution in [2.75, 3.05) is 21.3 Å². The molecule has 2 N–H and O–H groups in total. The van der Waals surface area contributed by atoms with Crippen LogP contribution in [-0.2, 0) is 19.0 Å². The van der Waals surface area contributed by atoms with Gasteiger partial charge < -0.3 is 24.4 Å². The Morgan fingerprint density at radius 1 is 0.778 bits per heavy atom. The van der Waals surface area contributed by atoms with Crippen molar-refractivity contribution in [2.45, 2.75) is 108 Å². The lowest BCUT2D eigenvalue weighted by molar-refractivity contribution is -0.140. The molecule has 0 saturated heterocycles. The van der Waals surface area contributed by atoms with E-state index in [-0.39, 0.29) is 24.6 Å². The Labute approximate surface area is 165 Å². The summed E-state index contributed by atoms with van der Waals surface area (Å²) in [4.78, 5) is 11.0. The Morgan fingerprint density at radius 3 is 1.74 bits per heavy atom. The van der Waals surface area contributed by atoms with E-state index >= 15 is 0 Å². The molecular weight excluding hydrogens is 348 g/mol. The van der Waals surface area contributed by atoms with Crippen LogP contribution in [0, 0.1) is 0 Å². The molecule has 0 aromatic heterocycles. The standard InChI is InChI=1S/C21H42O6/c1-5-6-10-13-19(25-2)17(22)16-18(23)20(26-3)14-11-8-7-9-12-15-21(24)27-4/h17-20,22-23H,5-16H2,1-4H3. The number of carbonyl (C=O) groups excluding carboxylic acids is 1. The minimum atomic E-state index is -0.701. The normalized spacial score (nSPS) is 15.9. The van der Waals surface area contributed by atoms with Crippen molar-refractivity contribution in [1.82, 2.24) is 0 Å². The van der Waals surface area contributed by atoms with Gasteiger partial charge in [0.25, 0.3) is 0 Å². The highest BCUT2D eigenvalue weighted by Gasteiger charge is 2.26. The van der Waals surface area contributed by atoms with Gasteiger partial charge in [0.2, 0.25) is 0 Å². The van der Waals surface area contributed by atoms with Crippen molar-refractivity contribution in [3.05, 3.63) is 0 Å². The molecule has 0 aliphatic heterocycles. The van der Waals surface area contributed by atoms with E-state index in [2.05, 4.69) is 11.7 Å². The number of hydrogen-bond acceptors (Lipinski definition) is 6. The predicted molar refractivity (Wildman–Crippen MR) is 107 cm³/mol. The number of carbonyl (C=O) groups is 1. The molecule has 0 aliphatic carbocycles. The van der Waals surface area contributed by atoms with Gasteiger partial charge in [-0.3, -0.25) is 4.79 Å². The van der Waals surface area contributed by atoms with Gasteiger partial charge in [0, 0.05) is 27.1 Å². The van der Waals surface area contributed by atoms with Crippen molar-refractivity contribution < 1.29 is 29.2 Å². The summed E-state index contributed by atoms with van der Waals surface area (Å²) < 4.78 is 15.5. The third-order valence-corrected chi connectivity index (χ3v) is 5.14. The van der Waals surface area contributed by atoms with Gasteiger partial charge in [-0.05, 0) is 19.3 Å². The monoisotopic (exact) mass is 390 g/mol. The van der Waals surface area contributed by atoms with Crippen molar-refractivity contribution in [3.8, 4) is 0 Å². The average Bonchev–Trinajstić information content (AvgIpc) is 2.66. The molecule has 0 amide bonds. The number of rotatable bonds is 18. The zero-order valence-electron chi connectivity index (χ0n) is 17.8. The molecule has 27 heavy (non-hydrogen) atoms. The van der Waals surface area contributed by atoms with Crippen LogP contribution in [0.4, 0.5) is 0 Å². The van der Waals surface area contributed by atoms with E-state index in [4.69, 9.17) is 9.47 Å². The summed E-state index contributed by atoms with van der Waals surface area (Å²) in [6.07, 6.45) is 8.58. The van der Waals surface area contributed by atoms with Gasteiger partial charge >= 0.3 is 5.97 Å². The van der Waals surface area contributed by atoms with Crippen LogP contribution in [0.25, 0.3) is 0 Å². The van der Waals surface area contributed by atoms with Crippen molar-refractivity contribution in [2.24, 2.45) is 0 Å². The second-order valence-corrected chi connectivity index (χ2v) is 7.30. The van der Waals surface area contributed by atoms with Crippen LogP contribution in [0.3, 0.4) is 0 Å². The second kappa shape index (κ2) is 17.4. The van der Waals surface area contributed by atoms with Crippen LogP contribution in [0.1, 0.15) is 84.0 Å². The molecule has 0 aromatic rings. The number of aliphatic hydroxyl groups excluding tert-OH is 2. The number of unbranched alkanes of at least 4 members (excludes halogenated alkanes) is 6. The molecule has 0 bridgehead atoms. The number of ether oxygens (including phenoxy) is 3. The molecule has 6 nitrogen and oxygen atoms in total. The Hall–Kier alpha value is -0.690. The van der Waals surface area contributed by atoms with Gasteiger partial charge in [-0.2, -0.15) is 0 Å². The summed E-state index contributed by atoms with van der Waals surface area (Å²) in [5.74, 6) is -0.153. The first-order chi connectivity index (χ1) is 13.0. The molecule has 0 fully saturated rings. The molecule has 4 unspecified atom stereocenters. The zero-order chi connectivity index (χ0) is 20.5. The quantitative estimate of drug-likeness (QED) is 0.275. The fraction of sp³-hybridized carbons (Fsp3) is 0.952. The van der Waals surface area contributed by atoms with Gasteiger partial charge in [-0.1, -0.05) is 51.9 Å². The highest BCUT2D eigenvalue weighted by molar-refractivity contribution is 5.68. The largest absolute Gasteiger partial charge is 0.469 e. The summed E-state index contributed by atoms with van der Waals surface area (Å²) in [5, 5.41) is 20.8. The summed E-state index contributed by atoms with van der Waals surface area (Å²) >= 11 is 0. The van der Waals surface area contributed by atoms with Crippen LogP contribution < -0.4 is 0 Å². The van der Waals surface area contributed by atoms with E-state index in [9.17, 15) is 15.0 Å². The Balaban J connectivity index is 4.03. The smallest absolute Gasteiger partial charge is 0.305 e. The highest BCUT2D eigenvalue weighted by atomic mass is 16.5. The zero-order valence-corrected chi connectivity index (χ0v) is 17.8. The third kappa shape index (κ3) is 13.2. The van der Waals surface area contributed by atoms with Crippen LogP contribution in [-0.4, -0.2) is 61.9 Å². The lowest BCUT2D eigenvalue weighted by Crippen LogP contribution is -2.37. The lowest BCUT2D eigenvalue weighted by atomic mass is 9.96. The molecule has 0 saturated carbocycles. The summed E-state index contributed by atoms with van der Waals surface area (Å²) in [6, 6.07) is 0. The fourth-order valence-electron chi connectivity index (χ4n) is 3.33. The van der Waals surface area contributed by atoms with Crippen molar-refractivity contribution >= 4 is 5.97 Å². The minimum absolute atomic E-state index is 0.153. The van der Waals surface area contributed by atoms with Gasteiger partial charge in [0.05, 0.1) is 31.5 Å². The molecule has 0 spiro atoms. The second-order valence-electron chi connectivity index (χ2n) is 7.30. The highest BCUT2D eigenvalue weighted by Crippen LogP contribution is 2.19. The van der Waals surface area contributed by atoms with Crippen LogP contribution in [0.2, 0.25) is 0 Å². The van der Waals surface area contributed by atoms with E-state index < -0.39 is 12.2 Å². The molecular formula is C21H42O6. The predicted octanol–water partition coefficient (Wildman–Crippen LogP) is 3.61. The maximum absolute atomic E-state index is 11.0. The van der Waals surface area contributed by atoms with Crippen LogP contribution in [0.15, 0.2) is 0 Å². The van der Waals surface area contributed by atoms with Crippen molar-refractivity contribution in [3.63, 3.8) is 0 Å². The fourth-order valence-corrected chi connectivity index (χ4v) is 3.33.